The second-order valence-corrected chi connectivity index (χ2v) is 11.2. The third-order valence-electron chi connectivity index (χ3n) is 7.56. The van der Waals surface area contributed by atoms with Gasteiger partial charge in [-0.15, -0.1) is 0 Å². The van der Waals surface area contributed by atoms with Gasteiger partial charge in [-0.2, -0.15) is 0 Å². The van der Waals surface area contributed by atoms with Crippen molar-refractivity contribution in [3.05, 3.63) is 39.2 Å². The highest BCUT2D eigenvalue weighted by molar-refractivity contribution is 5.93. The number of aryl methyl sites for hydroxylation is 1. The van der Waals surface area contributed by atoms with Crippen LogP contribution in [0.1, 0.15) is 55.6 Å². The number of aliphatic hydroxyl groups excluding tert-OH is 4. The number of fused-ring (bicyclic) bond motifs is 1. The fourth-order valence-electron chi connectivity index (χ4n) is 5.22. The van der Waals surface area contributed by atoms with Gasteiger partial charge in [0.2, 0.25) is 23.6 Å². The van der Waals surface area contributed by atoms with Crippen molar-refractivity contribution in [3.63, 3.8) is 0 Å². The Morgan fingerprint density at radius 2 is 1.63 bits per heavy atom. The predicted octanol–water partition coefficient (Wildman–Crippen LogP) is -2.80. The lowest BCUT2D eigenvalue weighted by Gasteiger charge is -2.40. The van der Waals surface area contributed by atoms with Crippen LogP contribution in [0.4, 0.5) is 0 Å². The number of amides is 4. The highest BCUT2D eigenvalue weighted by atomic mass is 16.5. The van der Waals surface area contributed by atoms with Crippen molar-refractivity contribution in [3.8, 4) is 5.75 Å². The van der Waals surface area contributed by atoms with Crippen LogP contribution in [-0.4, -0.2) is 98.0 Å². The Labute approximate surface area is 262 Å². The largest absolute Gasteiger partial charge is 0.507 e. The Balaban J connectivity index is 2.01. The number of ether oxygens (including phenoxy) is 1. The summed E-state index contributed by atoms with van der Waals surface area (Å²) < 4.78 is 11.6. The second kappa shape index (κ2) is 15.2. The van der Waals surface area contributed by atoms with E-state index in [1.807, 2.05) is 0 Å². The van der Waals surface area contributed by atoms with Crippen LogP contribution in [0.3, 0.4) is 0 Å². The van der Waals surface area contributed by atoms with Crippen molar-refractivity contribution in [1.29, 1.82) is 0 Å². The van der Waals surface area contributed by atoms with E-state index in [0.29, 0.717) is 5.56 Å². The molecule has 1 aliphatic heterocycles. The van der Waals surface area contributed by atoms with Gasteiger partial charge in [0.1, 0.15) is 59.7 Å². The number of nitrogens with two attached hydrogens (primary N) is 3. The first-order valence-corrected chi connectivity index (χ1v) is 14.3. The molecule has 12 N–H and O–H groups in total. The summed E-state index contributed by atoms with van der Waals surface area (Å²) in [7, 11) is 0. The summed E-state index contributed by atoms with van der Waals surface area (Å²) in [5.74, 6) is -3.60. The normalized spacial score (nSPS) is 23.1. The Kier molecular flexibility index (Phi) is 11.9. The molecule has 0 aliphatic carbocycles. The number of aliphatic imine (C=N–C) groups is 1. The molecule has 1 saturated heterocycles. The van der Waals surface area contributed by atoms with Crippen LogP contribution in [0, 0.1) is 6.92 Å². The van der Waals surface area contributed by atoms with Crippen molar-refractivity contribution in [1.82, 2.24) is 5.32 Å². The molecule has 1 fully saturated rings. The summed E-state index contributed by atoms with van der Waals surface area (Å²) in [6.45, 7) is 2.31. The first-order chi connectivity index (χ1) is 21.5. The Bertz CT molecular complexity index is 1570. The Morgan fingerprint density at radius 3 is 2.22 bits per heavy atom. The lowest BCUT2D eigenvalue weighted by atomic mass is 9.89. The standard InChI is InChI=1S/C29H39N5O12/c1-11-7-16(36)22(27-25(42)24(41)23(40)18(10-35)46-27)26-21(11)17(37)9-13(45-26)8-12(2)33-15(4-6-20(31)39)29(44)34-14(28(32)43)3-5-19(30)38/h7,9,14-15,18,23-25,27,35-36,40-42H,3-6,8,10H2,1-2H3,(H2,30,38)(H2,31,39)(H2,32,43)(H,34,44)/b33-12+. The number of carbonyl (C=O) groups is 4. The molecule has 2 heterocycles. The summed E-state index contributed by atoms with van der Waals surface area (Å²) in [4.78, 5) is 65.1. The minimum atomic E-state index is -1.79. The van der Waals surface area contributed by atoms with Crippen molar-refractivity contribution in [2.75, 3.05) is 6.61 Å². The van der Waals surface area contributed by atoms with Gasteiger partial charge >= 0.3 is 0 Å². The fraction of sp³-hybridized carbons (Fsp3) is 0.517. The Morgan fingerprint density at radius 1 is 1.00 bits per heavy atom. The fourth-order valence-corrected chi connectivity index (χ4v) is 5.22. The SMILES string of the molecule is C/C(Cc1cc(=O)c2c(C)cc(O)c(C3OC(CO)C(O)C(O)C3O)c2o1)=N\C(CCC(N)=O)C(=O)NC(CCC(N)=O)C(N)=O. The molecule has 17 heteroatoms. The summed E-state index contributed by atoms with van der Waals surface area (Å²) in [6, 6.07) is -0.0888. The van der Waals surface area contributed by atoms with Gasteiger partial charge in [0.15, 0.2) is 5.43 Å². The maximum absolute atomic E-state index is 13.3. The van der Waals surface area contributed by atoms with Gasteiger partial charge in [-0.1, -0.05) is 0 Å². The monoisotopic (exact) mass is 649 g/mol. The van der Waals surface area contributed by atoms with Gasteiger partial charge in [-0.25, -0.2) is 0 Å². The van der Waals surface area contributed by atoms with Crippen LogP contribution < -0.4 is 27.9 Å². The first-order valence-electron chi connectivity index (χ1n) is 14.3. The number of nitrogens with zero attached hydrogens (tertiary/aromatic N) is 1. The lowest BCUT2D eigenvalue weighted by Crippen LogP contribution is -2.55. The molecule has 0 radical (unpaired) electrons. The highest BCUT2D eigenvalue weighted by Crippen LogP contribution is 2.41. The molecule has 0 bridgehead atoms. The molecule has 7 unspecified atom stereocenters. The molecule has 0 spiro atoms. The highest BCUT2D eigenvalue weighted by Gasteiger charge is 2.46. The molecule has 17 nitrogen and oxygen atoms in total. The van der Waals surface area contributed by atoms with E-state index in [2.05, 4.69) is 10.3 Å². The number of phenolic OH excluding ortho intramolecular Hbond substituents is 1. The summed E-state index contributed by atoms with van der Waals surface area (Å²) in [6.07, 6.45) is -9.03. The molecule has 252 valence electrons. The molecule has 0 saturated carbocycles. The maximum Gasteiger partial charge on any atom is 0.245 e. The number of aliphatic hydroxyl groups is 4. The molecule has 3 rings (SSSR count). The van der Waals surface area contributed by atoms with Gasteiger partial charge in [0, 0.05) is 31.0 Å². The van der Waals surface area contributed by atoms with Crippen LogP contribution in [0.2, 0.25) is 0 Å². The molecule has 1 aromatic carbocycles. The summed E-state index contributed by atoms with van der Waals surface area (Å²) in [5, 5.41) is 54.2. The average molecular weight is 650 g/mol. The third kappa shape index (κ3) is 8.43. The molecule has 1 aliphatic rings. The van der Waals surface area contributed by atoms with Crippen LogP contribution in [0.25, 0.3) is 11.0 Å². The number of primary amides is 3. The van der Waals surface area contributed by atoms with Crippen LogP contribution in [-0.2, 0) is 30.3 Å². The molecular weight excluding hydrogens is 610 g/mol. The second-order valence-electron chi connectivity index (χ2n) is 11.2. The van der Waals surface area contributed by atoms with E-state index >= 15 is 0 Å². The smallest absolute Gasteiger partial charge is 0.245 e. The number of nitrogens with one attached hydrogen (secondary N) is 1. The minimum Gasteiger partial charge on any atom is -0.507 e. The number of aromatic hydroxyl groups is 1. The number of rotatable bonds is 14. The third-order valence-corrected chi connectivity index (χ3v) is 7.56. The van der Waals surface area contributed by atoms with Crippen LogP contribution >= 0.6 is 0 Å². The topological polar surface area (TPSA) is 311 Å². The van der Waals surface area contributed by atoms with Gasteiger partial charge in [0.05, 0.1) is 17.6 Å². The lowest BCUT2D eigenvalue weighted by molar-refractivity contribution is -0.231. The molecule has 2 aromatic rings. The zero-order chi connectivity index (χ0) is 34.5. The van der Waals surface area contributed by atoms with E-state index in [4.69, 9.17) is 26.4 Å². The van der Waals surface area contributed by atoms with Crippen LogP contribution in [0.5, 0.6) is 5.75 Å². The molecule has 4 amide bonds. The maximum atomic E-state index is 13.3. The molecule has 46 heavy (non-hydrogen) atoms. The number of phenols is 1. The van der Waals surface area contributed by atoms with Crippen molar-refractivity contribution in [2.24, 2.45) is 22.2 Å². The molecular formula is C29H39N5O12. The minimum absolute atomic E-state index is 0.000112. The number of carbonyl (C=O) groups excluding carboxylic acids is 4. The van der Waals surface area contributed by atoms with E-state index in [0.717, 1.165) is 6.07 Å². The number of benzene rings is 1. The summed E-state index contributed by atoms with van der Waals surface area (Å²) in [5.41, 5.74) is 15.3. The van der Waals surface area contributed by atoms with Gasteiger partial charge in [0.25, 0.3) is 0 Å². The zero-order valence-corrected chi connectivity index (χ0v) is 25.2. The van der Waals surface area contributed by atoms with Gasteiger partial charge in [-0.05, 0) is 38.3 Å². The van der Waals surface area contributed by atoms with Gasteiger partial charge in [-0.3, -0.25) is 29.0 Å². The summed E-state index contributed by atoms with van der Waals surface area (Å²) >= 11 is 0. The zero-order valence-electron chi connectivity index (χ0n) is 25.2. The Hall–Kier alpha value is -4.42. The van der Waals surface area contributed by atoms with Crippen molar-refractivity contribution < 1.29 is 53.9 Å². The quantitative estimate of drug-likeness (QED) is 0.0937. The van der Waals surface area contributed by atoms with E-state index in [9.17, 15) is 49.5 Å². The average Bonchev–Trinajstić information content (AvgIpc) is 2.96. The van der Waals surface area contributed by atoms with E-state index in [1.165, 1.54) is 19.9 Å². The van der Waals surface area contributed by atoms with E-state index < -0.39 is 84.0 Å². The van der Waals surface area contributed by atoms with Crippen molar-refractivity contribution >= 4 is 40.3 Å². The number of hydrogen-bond acceptors (Lipinski definition) is 13. The first kappa shape index (κ1) is 36.1. The van der Waals surface area contributed by atoms with E-state index in [-0.39, 0.29) is 60.1 Å². The van der Waals surface area contributed by atoms with Gasteiger partial charge < -0.3 is 57.2 Å². The number of hydrogen-bond donors (Lipinski definition) is 9. The van der Waals surface area contributed by atoms with Crippen LogP contribution in [0.15, 0.2) is 26.3 Å². The predicted molar refractivity (Wildman–Crippen MR) is 160 cm³/mol. The van der Waals surface area contributed by atoms with E-state index in [1.54, 1.807) is 0 Å². The molecule has 7 atom stereocenters. The van der Waals surface area contributed by atoms with Crippen molar-refractivity contribution in [2.45, 2.75) is 88.6 Å². The molecule has 1 aromatic heterocycles.